The van der Waals surface area contributed by atoms with Crippen LogP contribution in [0.5, 0.6) is 5.75 Å². The van der Waals surface area contributed by atoms with Crippen LogP contribution in [-0.4, -0.2) is 18.4 Å². The molecule has 1 aromatic rings. The molecular formula is C13H18ClNO2. The van der Waals surface area contributed by atoms with E-state index < -0.39 is 0 Å². The van der Waals surface area contributed by atoms with Crippen molar-refractivity contribution >= 4 is 23.2 Å². The molecule has 0 atom stereocenters. The van der Waals surface area contributed by atoms with Crippen molar-refractivity contribution in [1.82, 2.24) is 0 Å². The van der Waals surface area contributed by atoms with Gasteiger partial charge in [0.25, 0.3) is 0 Å². The highest BCUT2D eigenvalue weighted by atomic mass is 35.5. The van der Waals surface area contributed by atoms with Crippen molar-refractivity contribution in [3.8, 4) is 5.75 Å². The van der Waals surface area contributed by atoms with Gasteiger partial charge >= 0.3 is 0 Å². The predicted molar refractivity (Wildman–Crippen MR) is 70.8 cm³/mol. The van der Waals surface area contributed by atoms with Gasteiger partial charge < -0.3 is 10.1 Å². The minimum Gasteiger partial charge on any atom is -0.494 e. The summed E-state index contributed by atoms with van der Waals surface area (Å²) in [5.74, 6) is 0.586. The van der Waals surface area contributed by atoms with Crippen molar-refractivity contribution in [3.63, 3.8) is 0 Å². The summed E-state index contributed by atoms with van der Waals surface area (Å²) in [4.78, 5) is 11.0. The predicted octanol–water partition coefficient (Wildman–Crippen LogP) is 3.43. The highest BCUT2D eigenvalue weighted by Crippen LogP contribution is 2.16. The Morgan fingerprint density at radius 3 is 2.59 bits per heavy atom. The van der Waals surface area contributed by atoms with Crippen molar-refractivity contribution in [3.05, 3.63) is 24.3 Å². The van der Waals surface area contributed by atoms with Gasteiger partial charge in [0.1, 0.15) is 11.6 Å². The quantitative estimate of drug-likeness (QED) is 0.599. The molecule has 94 valence electrons. The summed E-state index contributed by atoms with van der Waals surface area (Å²) in [7, 11) is 0. The number of amides is 1. The fourth-order valence-electron chi connectivity index (χ4n) is 1.37. The molecule has 0 aliphatic heterocycles. The second-order valence-corrected chi connectivity index (χ2v) is 4.03. The standard InChI is InChI=1S/C13H18ClNO2/c1-2-3-4-9-17-12-7-5-11(6-8-12)15-13(16)10-14/h5-8H,2-4,9-10H2,1H3,(H,15,16). The molecule has 1 N–H and O–H groups in total. The third kappa shape index (κ3) is 5.59. The second-order valence-electron chi connectivity index (χ2n) is 3.76. The Labute approximate surface area is 107 Å². The van der Waals surface area contributed by atoms with Crippen LogP contribution in [0.4, 0.5) is 5.69 Å². The van der Waals surface area contributed by atoms with Crippen LogP contribution >= 0.6 is 11.6 Å². The van der Waals surface area contributed by atoms with E-state index in [1.807, 2.05) is 12.1 Å². The minimum absolute atomic E-state index is 0.0325. The van der Waals surface area contributed by atoms with E-state index in [1.54, 1.807) is 12.1 Å². The summed E-state index contributed by atoms with van der Waals surface area (Å²) in [5.41, 5.74) is 0.733. The zero-order valence-electron chi connectivity index (χ0n) is 10.0. The Kier molecular flexibility index (Phi) is 6.48. The van der Waals surface area contributed by atoms with Crippen LogP contribution < -0.4 is 10.1 Å². The number of benzene rings is 1. The summed E-state index contributed by atoms with van der Waals surface area (Å²) in [5, 5.41) is 2.67. The molecule has 0 heterocycles. The van der Waals surface area contributed by atoms with Crippen LogP contribution in [0.2, 0.25) is 0 Å². The Hall–Kier alpha value is -1.22. The summed E-state index contributed by atoms with van der Waals surface area (Å²) >= 11 is 5.39. The zero-order valence-corrected chi connectivity index (χ0v) is 10.8. The Balaban J connectivity index is 2.36. The minimum atomic E-state index is -0.205. The first-order valence-electron chi connectivity index (χ1n) is 5.85. The second kappa shape index (κ2) is 7.96. The van der Waals surface area contributed by atoms with Gasteiger partial charge in [0.15, 0.2) is 0 Å². The number of hydrogen-bond acceptors (Lipinski definition) is 2. The topological polar surface area (TPSA) is 38.3 Å². The van der Waals surface area contributed by atoms with E-state index in [1.165, 1.54) is 12.8 Å². The zero-order chi connectivity index (χ0) is 12.5. The number of anilines is 1. The Morgan fingerprint density at radius 1 is 1.29 bits per heavy atom. The van der Waals surface area contributed by atoms with E-state index >= 15 is 0 Å². The molecule has 0 fully saturated rings. The van der Waals surface area contributed by atoms with Crippen LogP contribution in [-0.2, 0) is 4.79 Å². The van der Waals surface area contributed by atoms with Gasteiger partial charge in [-0.25, -0.2) is 0 Å². The summed E-state index contributed by atoms with van der Waals surface area (Å²) < 4.78 is 5.56. The number of carbonyl (C=O) groups is 1. The molecule has 3 nitrogen and oxygen atoms in total. The first-order valence-corrected chi connectivity index (χ1v) is 6.38. The first-order chi connectivity index (χ1) is 8.26. The molecule has 17 heavy (non-hydrogen) atoms. The number of nitrogens with one attached hydrogen (secondary N) is 1. The Morgan fingerprint density at radius 2 is 2.00 bits per heavy atom. The maximum Gasteiger partial charge on any atom is 0.239 e. The molecule has 4 heteroatoms. The van der Waals surface area contributed by atoms with Gasteiger partial charge in [-0.1, -0.05) is 19.8 Å². The van der Waals surface area contributed by atoms with E-state index in [-0.39, 0.29) is 11.8 Å². The number of rotatable bonds is 7. The molecule has 0 radical (unpaired) electrons. The van der Waals surface area contributed by atoms with Crippen molar-refractivity contribution in [2.75, 3.05) is 17.8 Å². The van der Waals surface area contributed by atoms with Gasteiger partial charge in [0, 0.05) is 5.69 Å². The van der Waals surface area contributed by atoms with Crippen LogP contribution in [0.25, 0.3) is 0 Å². The third-order valence-electron chi connectivity index (χ3n) is 2.28. The molecule has 0 unspecified atom stereocenters. The number of carbonyl (C=O) groups excluding carboxylic acids is 1. The van der Waals surface area contributed by atoms with E-state index in [0.29, 0.717) is 0 Å². The molecule has 0 aromatic heterocycles. The molecule has 0 saturated heterocycles. The molecular weight excluding hydrogens is 238 g/mol. The fraction of sp³-hybridized carbons (Fsp3) is 0.462. The number of ether oxygens (including phenoxy) is 1. The van der Waals surface area contributed by atoms with Gasteiger partial charge in [-0.2, -0.15) is 0 Å². The lowest BCUT2D eigenvalue weighted by Crippen LogP contribution is -2.12. The Bertz CT molecular complexity index is 338. The summed E-state index contributed by atoms with van der Waals surface area (Å²) in [6.45, 7) is 2.90. The maximum atomic E-state index is 11.0. The SMILES string of the molecule is CCCCCOc1ccc(NC(=O)CCl)cc1. The fourth-order valence-corrected chi connectivity index (χ4v) is 1.44. The van der Waals surface area contributed by atoms with Gasteiger partial charge in [0.05, 0.1) is 6.61 Å². The van der Waals surface area contributed by atoms with Crippen LogP contribution in [0, 0.1) is 0 Å². The normalized spacial score (nSPS) is 10.0. The van der Waals surface area contributed by atoms with Crippen LogP contribution in [0.3, 0.4) is 0 Å². The van der Waals surface area contributed by atoms with Crippen LogP contribution in [0.1, 0.15) is 26.2 Å². The van der Waals surface area contributed by atoms with Gasteiger partial charge in [-0.05, 0) is 30.7 Å². The average Bonchev–Trinajstić information content (AvgIpc) is 2.36. The molecule has 0 aliphatic rings. The lowest BCUT2D eigenvalue weighted by Gasteiger charge is -2.07. The number of alkyl halides is 1. The first kappa shape index (κ1) is 13.8. The van der Waals surface area contributed by atoms with Crippen LogP contribution in [0.15, 0.2) is 24.3 Å². The van der Waals surface area contributed by atoms with Crippen molar-refractivity contribution in [2.24, 2.45) is 0 Å². The van der Waals surface area contributed by atoms with E-state index in [2.05, 4.69) is 12.2 Å². The average molecular weight is 256 g/mol. The lowest BCUT2D eigenvalue weighted by molar-refractivity contribution is -0.113. The summed E-state index contributed by atoms with van der Waals surface area (Å²) in [6.07, 6.45) is 3.44. The van der Waals surface area contributed by atoms with Gasteiger partial charge in [-0.15, -0.1) is 11.6 Å². The number of hydrogen-bond donors (Lipinski definition) is 1. The molecule has 0 spiro atoms. The van der Waals surface area contributed by atoms with E-state index in [9.17, 15) is 4.79 Å². The number of unbranched alkanes of at least 4 members (excludes halogenated alkanes) is 2. The monoisotopic (exact) mass is 255 g/mol. The van der Waals surface area contributed by atoms with Gasteiger partial charge in [0.2, 0.25) is 5.91 Å². The maximum absolute atomic E-state index is 11.0. The van der Waals surface area contributed by atoms with Gasteiger partial charge in [-0.3, -0.25) is 4.79 Å². The molecule has 0 aliphatic carbocycles. The highest BCUT2D eigenvalue weighted by molar-refractivity contribution is 6.29. The third-order valence-corrected chi connectivity index (χ3v) is 2.52. The highest BCUT2D eigenvalue weighted by Gasteiger charge is 2.00. The largest absolute Gasteiger partial charge is 0.494 e. The molecule has 1 amide bonds. The smallest absolute Gasteiger partial charge is 0.239 e. The lowest BCUT2D eigenvalue weighted by atomic mass is 10.2. The molecule has 0 saturated carbocycles. The van der Waals surface area contributed by atoms with Crippen molar-refractivity contribution in [2.45, 2.75) is 26.2 Å². The van der Waals surface area contributed by atoms with Crippen molar-refractivity contribution in [1.29, 1.82) is 0 Å². The number of halogens is 1. The van der Waals surface area contributed by atoms with E-state index in [4.69, 9.17) is 16.3 Å². The van der Waals surface area contributed by atoms with E-state index in [0.717, 1.165) is 24.5 Å². The van der Waals surface area contributed by atoms with Crippen molar-refractivity contribution < 1.29 is 9.53 Å². The molecule has 1 rings (SSSR count). The summed E-state index contributed by atoms with van der Waals surface area (Å²) in [6, 6.07) is 7.30. The molecule has 0 bridgehead atoms. The molecule has 1 aromatic carbocycles.